The first-order valence-electron chi connectivity index (χ1n) is 10.9. The van der Waals surface area contributed by atoms with E-state index in [4.69, 9.17) is 4.74 Å². The second-order valence-corrected chi connectivity index (χ2v) is 7.98. The van der Waals surface area contributed by atoms with Crippen molar-refractivity contribution in [3.63, 3.8) is 0 Å². The number of ether oxygens (including phenoxy) is 1. The molecular formula is C25H24F3N5O2. The van der Waals surface area contributed by atoms with Gasteiger partial charge in [0.15, 0.2) is 23.3 Å². The lowest BCUT2D eigenvalue weighted by atomic mass is 9.93. The predicted molar refractivity (Wildman–Crippen MR) is 125 cm³/mol. The van der Waals surface area contributed by atoms with Gasteiger partial charge in [0.1, 0.15) is 11.6 Å². The number of aryl methyl sites for hydroxylation is 1. The summed E-state index contributed by atoms with van der Waals surface area (Å²) in [6, 6.07) is 7.56. The number of aromatic amines is 1. The second-order valence-electron chi connectivity index (χ2n) is 7.98. The summed E-state index contributed by atoms with van der Waals surface area (Å²) < 4.78 is 48.4. The van der Waals surface area contributed by atoms with Gasteiger partial charge < -0.3 is 14.4 Å². The van der Waals surface area contributed by atoms with E-state index < -0.39 is 23.4 Å². The Kier molecular flexibility index (Phi) is 7.31. The van der Waals surface area contributed by atoms with Crippen LogP contribution in [0.15, 0.2) is 42.9 Å². The highest BCUT2D eigenvalue weighted by molar-refractivity contribution is 5.69. The summed E-state index contributed by atoms with van der Waals surface area (Å²) in [5.41, 5.74) is 2.78. The molecule has 0 spiro atoms. The van der Waals surface area contributed by atoms with Crippen LogP contribution in [0.5, 0.6) is 5.75 Å². The highest BCUT2D eigenvalue weighted by Crippen LogP contribution is 2.30. The number of methoxy groups -OCH3 is 1. The van der Waals surface area contributed by atoms with E-state index >= 15 is 0 Å². The van der Waals surface area contributed by atoms with E-state index in [2.05, 4.69) is 20.2 Å². The van der Waals surface area contributed by atoms with E-state index in [0.29, 0.717) is 30.2 Å². The van der Waals surface area contributed by atoms with Gasteiger partial charge in [0.25, 0.3) is 0 Å². The van der Waals surface area contributed by atoms with Crippen LogP contribution in [-0.2, 0) is 0 Å². The summed E-state index contributed by atoms with van der Waals surface area (Å²) >= 11 is 0. The van der Waals surface area contributed by atoms with E-state index in [1.54, 1.807) is 25.6 Å². The number of H-pyrrole nitrogens is 1. The Balaban J connectivity index is 1.58. The standard InChI is InChI=1S/C25H24F3N5O2/c1-15-13-33(14-29-15)21-7-5-16(10-22(21)35-2)6-8-23-30-25(32-31-23)18(4-3-9-34)17-11-19(26)24(28)20(27)12-17/h5-8,10-14,18,34H,3-4,9H2,1-2H3,(H,30,31,32)/b8-6+. The fraction of sp³-hybridized carbons (Fsp3) is 0.240. The Labute approximate surface area is 199 Å². The second kappa shape index (κ2) is 10.6. The number of hydrogen-bond donors (Lipinski definition) is 2. The molecule has 35 heavy (non-hydrogen) atoms. The maximum atomic E-state index is 13.8. The summed E-state index contributed by atoms with van der Waals surface area (Å²) in [4.78, 5) is 8.67. The third kappa shape index (κ3) is 5.43. The van der Waals surface area contributed by atoms with Crippen molar-refractivity contribution in [3.8, 4) is 11.4 Å². The van der Waals surface area contributed by atoms with Crippen LogP contribution in [0.2, 0.25) is 0 Å². The largest absolute Gasteiger partial charge is 0.495 e. The van der Waals surface area contributed by atoms with E-state index in [9.17, 15) is 18.3 Å². The molecule has 0 fully saturated rings. The minimum absolute atomic E-state index is 0.111. The molecule has 4 rings (SSSR count). The van der Waals surface area contributed by atoms with Crippen LogP contribution in [0.1, 0.15) is 47.2 Å². The van der Waals surface area contributed by atoms with Gasteiger partial charge in [-0.2, -0.15) is 5.10 Å². The number of aromatic nitrogens is 5. The number of aliphatic hydroxyl groups is 1. The molecule has 0 aliphatic heterocycles. The molecule has 7 nitrogen and oxygen atoms in total. The van der Waals surface area contributed by atoms with Crippen molar-refractivity contribution in [2.45, 2.75) is 25.7 Å². The molecule has 0 saturated heterocycles. The normalized spacial score (nSPS) is 12.4. The van der Waals surface area contributed by atoms with E-state index in [1.165, 1.54) is 0 Å². The van der Waals surface area contributed by atoms with Crippen LogP contribution in [-0.4, -0.2) is 43.6 Å². The molecule has 2 aromatic carbocycles. The molecule has 0 radical (unpaired) electrons. The van der Waals surface area contributed by atoms with Crippen molar-refractivity contribution in [1.82, 2.24) is 24.7 Å². The Morgan fingerprint density at radius 3 is 2.57 bits per heavy atom. The fourth-order valence-electron chi connectivity index (χ4n) is 3.79. The van der Waals surface area contributed by atoms with Crippen LogP contribution >= 0.6 is 0 Å². The monoisotopic (exact) mass is 483 g/mol. The van der Waals surface area contributed by atoms with Crippen molar-refractivity contribution in [1.29, 1.82) is 0 Å². The molecule has 2 heterocycles. The van der Waals surface area contributed by atoms with Crippen LogP contribution in [0.4, 0.5) is 13.2 Å². The molecule has 0 bridgehead atoms. The highest BCUT2D eigenvalue weighted by Gasteiger charge is 2.22. The number of halogens is 3. The van der Waals surface area contributed by atoms with Gasteiger partial charge in [0.05, 0.1) is 24.8 Å². The van der Waals surface area contributed by atoms with E-state index in [1.807, 2.05) is 35.9 Å². The van der Waals surface area contributed by atoms with Crippen LogP contribution in [0, 0.1) is 24.4 Å². The number of nitrogens with one attached hydrogen (secondary N) is 1. The zero-order valence-electron chi connectivity index (χ0n) is 19.2. The molecule has 1 atom stereocenters. The minimum Gasteiger partial charge on any atom is -0.495 e. The van der Waals surface area contributed by atoms with Gasteiger partial charge in [0, 0.05) is 18.7 Å². The lowest BCUT2D eigenvalue weighted by molar-refractivity contribution is 0.281. The lowest BCUT2D eigenvalue weighted by Gasteiger charge is -2.14. The maximum absolute atomic E-state index is 13.8. The average molecular weight is 483 g/mol. The summed E-state index contributed by atoms with van der Waals surface area (Å²) in [6.45, 7) is 1.79. The predicted octanol–water partition coefficient (Wildman–Crippen LogP) is 4.80. The van der Waals surface area contributed by atoms with Gasteiger partial charge in [-0.25, -0.2) is 23.1 Å². The third-order valence-corrected chi connectivity index (χ3v) is 5.53. The maximum Gasteiger partial charge on any atom is 0.194 e. The van der Waals surface area contributed by atoms with Crippen molar-refractivity contribution in [2.24, 2.45) is 0 Å². The Morgan fingerprint density at radius 1 is 1.14 bits per heavy atom. The molecule has 182 valence electrons. The fourth-order valence-corrected chi connectivity index (χ4v) is 3.79. The number of rotatable bonds is 9. The first kappa shape index (κ1) is 24.2. The molecule has 1 unspecified atom stereocenters. The van der Waals surface area contributed by atoms with Crippen molar-refractivity contribution in [3.05, 3.63) is 88.8 Å². The molecule has 2 N–H and O–H groups in total. The third-order valence-electron chi connectivity index (χ3n) is 5.53. The van der Waals surface area contributed by atoms with Crippen LogP contribution in [0.3, 0.4) is 0 Å². The molecule has 4 aromatic rings. The summed E-state index contributed by atoms with van der Waals surface area (Å²) in [5, 5.41) is 16.2. The zero-order valence-corrected chi connectivity index (χ0v) is 19.2. The van der Waals surface area contributed by atoms with Gasteiger partial charge in [0.2, 0.25) is 0 Å². The van der Waals surface area contributed by atoms with Gasteiger partial charge in [-0.05, 0) is 61.2 Å². The van der Waals surface area contributed by atoms with Crippen molar-refractivity contribution < 1.29 is 23.0 Å². The summed E-state index contributed by atoms with van der Waals surface area (Å²) in [7, 11) is 1.59. The molecule has 10 heteroatoms. The SMILES string of the molecule is COc1cc(/C=C/c2n[nH]c(C(CCCO)c3cc(F)c(F)c(F)c3)n2)ccc1-n1cnc(C)c1. The summed E-state index contributed by atoms with van der Waals surface area (Å²) in [6.07, 6.45) is 7.80. The first-order valence-corrected chi connectivity index (χ1v) is 10.9. The summed E-state index contributed by atoms with van der Waals surface area (Å²) in [5.74, 6) is -3.32. The number of benzene rings is 2. The quantitative estimate of drug-likeness (QED) is 0.334. The molecule has 0 saturated carbocycles. The Hall–Kier alpha value is -3.92. The van der Waals surface area contributed by atoms with Gasteiger partial charge in [-0.1, -0.05) is 12.1 Å². The topological polar surface area (TPSA) is 88.9 Å². The Bertz CT molecular complexity index is 1330. The van der Waals surface area contributed by atoms with Crippen LogP contribution in [0.25, 0.3) is 17.8 Å². The molecule has 2 aromatic heterocycles. The van der Waals surface area contributed by atoms with E-state index in [-0.39, 0.29) is 12.2 Å². The molecule has 0 aliphatic carbocycles. The highest BCUT2D eigenvalue weighted by atomic mass is 19.2. The Morgan fingerprint density at radius 2 is 1.91 bits per heavy atom. The van der Waals surface area contributed by atoms with Crippen molar-refractivity contribution in [2.75, 3.05) is 13.7 Å². The minimum atomic E-state index is -1.53. The number of imidazole rings is 1. The van der Waals surface area contributed by atoms with Gasteiger partial charge in [-0.15, -0.1) is 0 Å². The molecular weight excluding hydrogens is 459 g/mol. The van der Waals surface area contributed by atoms with Crippen LogP contribution < -0.4 is 4.74 Å². The smallest absolute Gasteiger partial charge is 0.194 e. The number of nitrogens with zero attached hydrogens (tertiary/aromatic N) is 4. The molecule has 0 amide bonds. The zero-order chi connectivity index (χ0) is 24.9. The number of aliphatic hydroxyl groups excluding tert-OH is 1. The average Bonchev–Trinajstić information content (AvgIpc) is 3.50. The van der Waals surface area contributed by atoms with E-state index in [0.717, 1.165) is 29.1 Å². The first-order chi connectivity index (χ1) is 16.9. The van der Waals surface area contributed by atoms with Gasteiger partial charge in [-0.3, -0.25) is 5.10 Å². The number of hydrogen-bond acceptors (Lipinski definition) is 5. The molecule has 0 aliphatic rings. The van der Waals surface area contributed by atoms with Gasteiger partial charge >= 0.3 is 0 Å². The lowest BCUT2D eigenvalue weighted by Crippen LogP contribution is -2.07. The van der Waals surface area contributed by atoms with Crippen molar-refractivity contribution >= 4 is 12.2 Å².